The van der Waals surface area contributed by atoms with Gasteiger partial charge in [0.25, 0.3) is 5.91 Å². The molecule has 1 fully saturated rings. The molecule has 2 amide bonds. The van der Waals surface area contributed by atoms with Gasteiger partial charge in [0.1, 0.15) is 17.2 Å². The van der Waals surface area contributed by atoms with Gasteiger partial charge in [-0.15, -0.1) is 0 Å². The van der Waals surface area contributed by atoms with Gasteiger partial charge < -0.3 is 24.2 Å². The van der Waals surface area contributed by atoms with E-state index in [2.05, 4.69) is 0 Å². The lowest BCUT2D eigenvalue weighted by atomic mass is 10.2. The summed E-state index contributed by atoms with van der Waals surface area (Å²) in [6, 6.07) is 12.2. The fraction of sp³-hybridized carbons (Fsp3) is 0.448. The molecule has 3 rings (SSSR count). The van der Waals surface area contributed by atoms with Gasteiger partial charge in [0.15, 0.2) is 0 Å². The SMILES string of the molecule is CC(C)Oc1ccc(/C=C/C(=O)N(C)c2ccc(N3CCC(N(C)C(=O)OC(C)(C)C)C3)c(F)c2)cc1.[HH]. The van der Waals surface area contributed by atoms with Crippen molar-refractivity contribution < 1.29 is 24.9 Å². The molecular weight excluding hydrogens is 473 g/mol. The van der Waals surface area contributed by atoms with Crippen molar-refractivity contribution in [2.75, 3.05) is 37.0 Å². The van der Waals surface area contributed by atoms with E-state index >= 15 is 4.39 Å². The van der Waals surface area contributed by atoms with Gasteiger partial charge in [-0.3, -0.25) is 4.79 Å². The van der Waals surface area contributed by atoms with Gasteiger partial charge in [-0.25, -0.2) is 9.18 Å². The molecule has 1 heterocycles. The lowest BCUT2D eigenvalue weighted by Gasteiger charge is -2.29. The molecule has 0 N–H and O–H groups in total. The Balaban J connectivity index is 0.00000507. The zero-order valence-electron chi connectivity index (χ0n) is 22.8. The number of benzene rings is 2. The highest BCUT2D eigenvalue weighted by molar-refractivity contribution is 6.03. The number of rotatable bonds is 7. The van der Waals surface area contributed by atoms with Crippen LogP contribution >= 0.6 is 0 Å². The van der Waals surface area contributed by atoms with Crippen molar-refractivity contribution >= 4 is 29.5 Å². The standard InChI is InChI=1S/C29H38FN3O4.H2/c1-20(2)36-24-12-8-21(9-13-24)10-15-27(34)31(6)22-11-14-26(25(30)18-22)33-17-16-23(19-33)32(7)28(35)37-29(3,4)5;/h8-15,18,20,23H,16-17,19H2,1-7H3;1H/b15-10+;. The number of nitrogens with zero attached hydrogens (tertiary/aromatic N) is 3. The first-order valence-corrected chi connectivity index (χ1v) is 12.6. The Labute approximate surface area is 220 Å². The van der Waals surface area contributed by atoms with Crippen LogP contribution in [0.15, 0.2) is 48.5 Å². The third kappa shape index (κ3) is 7.71. The zero-order chi connectivity index (χ0) is 27.3. The molecule has 7 nitrogen and oxygen atoms in total. The Morgan fingerprint density at radius 3 is 2.41 bits per heavy atom. The van der Waals surface area contributed by atoms with E-state index in [0.29, 0.717) is 30.9 Å². The molecular formula is C29H40FN3O4. The van der Waals surface area contributed by atoms with Gasteiger partial charge in [-0.2, -0.15) is 0 Å². The molecule has 0 aromatic heterocycles. The fourth-order valence-electron chi connectivity index (χ4n) is 4.06. The van der Waals surface area contributed by atoms with Crippen LogP contribution in [0.25, 0.3) is 6.08 Å². The molecule has 202 valence electrons. The number of ether oxygens (including phenoxy) is 2. The summed E-state index contributed by atoms with van der Waals surface area (Å²) in [6.07, 6.45) is 3.60. The lowest BCUT2D eigenvalue weighted by molar-refractivity contribution is -0.113. The Hall–Kier alpha value is -3.55. The molecule has 0 radical (unpaired) electrons. The Morgan fingerprint density at radius 2 is 1.81 bits per heavy atom. The van der Waals surface area contributed by atoms with Crippen molar-refractivity contribution in [3.05, 3.63) is 59.9 Å². The van der Waals surface area contributed by atoms with Crippen LogP contribution in [0, 0.1) is 5.82 Å². The third-order valence-corrected chi connectivity index (χ3v) is 6.05. The van der Waals surface area contributed by atoms with Crippen LogP contribution in [-0.4, -0.2) is 61.8 Å². The average Bonchev–Trinajstić information content (AvgIpc) is 3.30. The van der Waals surface area contributed by atoms with Crippen molar-refractivity contribution in [1.29, 1.82) is 0 Å². The highest BCUT2D eigenvalue weighted by Gasteiger charge is 2.32. The number of likely N-dealkylation sites (N-methyl/N-ethyl adjacent to an activating group) is 2. The van der Waals surface area contributed by atoms with Crippen molar-refractivity contribution in [1.82, 2.24) is 4.90 Å². The van der Waals surface area contributed by atoms with Crippen molar-refractivity contribution in [3.63, 3.8) is 0 Å². The molecule has 0 aliphatic carbocycles. The third-order valence-electron chi connectivity index (χ3n) is 6.05. The largest absolute Gasteiger partial charge is 0.491 e. The molecule has 1 aliphatic heterocycles. The highest BCUT2D eigenvalue weighted by Crippen LogP contribution is 2.29. The predicted molar refractivity (Wildman–Crippen MR) is 148 cm³/mol. The Morgan fingerprint density at radius 1 is 1.14 bits per heavy atom. The first kappa shape index (κ1) is 28.0. The summed E-state index contributed by atoms with van der Waals surface area (Å²) in [5.41, 5.74) is 1.19. The summed E-state index contributed by atoms with van der Waals surface area (Å²) in [6.45, 7) is 10.5. The van der Waals surface area contributed by atoms with Gasteiger partial charge in [0.05, 0.1) is 17.8 Å². The molecule has 1 aliphatic rings. The number of halogens is 1. The van der Waals surface area contributed by atoms with Crippen LogP contribution in [0.3, 0.4) is 0 Å². The number of amides is 2. The van der Waals surface area contributed by atoms with E-state index in [4.69, 9.17) is 9.47 Å². The van der Waals surface area contributed by atoms with E-state index < -0.39 is 11.4 Å². The maximum absolute atomic E-state index is 15.1. The fourth-order valence-corrected chi connectivity index (χ4v) is 4.06. The molecule has 1 atom stereocenters. The van der Waals surface area contributed by atoms with Crippen LogP contribution in [0.1, 0.15) is 48.0 Å². The summed E-state index contributed by atoms with van der Waals surface area (Å²) in [4.78, 5) is 30.0. The smallest absolute Gasteiger partial charge is 0.410 e. The number of carbonyl (C=O) groups is 2. The topological polar surface area (TPSA) is 62.3 Å². The minimum absolute atomic E-state index is 0. The predicted octanol–water partition coefficient (Wildman–Crippen LogP) is 5.98. The van der Waals surface area contributed by atoms with Crippen LogP contribution in [-0.2, 0) is 9.53 Å². The van der Waals surface area contributed by atoms with Gasteiger partial charge in [0, 0.05) is 40.4 Å². The lowest BCUT2D eigenvalue weighted by Crippen LogP contribution is -2.42. The quantitative estimate of drug-likeness (QED) is 0.426. The molecule has 2 aromatic rings. The summed E-state index contributed by atoms with van der Waals surface area (Å²) < 4.78 is 26.2. The normalized spacial score (nSPS) is 15.8. The second-order valence-electron chi connectivity index (χ2n) is 10.6. The maximum atomic E-state index is 15.1. The van der Waals surface area contributed by atoms with Crippen LogP contribution in [0.4, 0.5) is 20.6 Å². The zero-order valence-corrected chi connectivity index (χ0v) is 22.8. The van der Waals surface area contributed by atoms with Gasteiger partial charge in [-0.1, -0.05) is 12.1 Å². The summed E-state index contributed by atoms with van der Waals surface area (Å²) >= 11 is 0. The van der Waals surface area contributed by atoms with E-state index in [-0.39, 0.29) is 25.6 Å². The van der Waals surface area contributed by atoms with Crippen molar-refractivity contribution in [3.8, 4) is 5.75 Å². The van der Waals surface area contributed by atoms with Gasteiger partial charge in [0.2, 0.25) is 0 Å². The minimum Gasteiger partial charge on any atom is -0.491 e. The van der Waals surface area contributed by atoms with Gasteiger partial charge in [-0.05, 0) is 83.0 Å². The molecule has 1 unspecified atom stereocenters. The molecule has 0 saturated carbocycles. The molecule has 8 heteroatoms. The van der Waals surface area contributed by atoms with E-state index in [1.807, 2.05) is 63.8 Å². The highest BCUT2D eigenvalue weighted by atomic mass is 19.1. The second-order valence-corrected chi connectivity index (χ2v) is 10.6. The Bertz CT molecular complexity index is 1130. The molecule has 0 spiro atoms. The van der Waals surface area contributed by atoms with Crippen LogP contribution < -0.4 is 14.5 Å². The monoisotopic (exact) mass is 513 g/mol. The second kappa shape index (κ2) is 11.7. The maximum Gasteiger partial charge on any atom is 0.410 e. The number of hydrogen-bond acceptors (Lipinski definition) is 5. The molecule has 37 heavy (non-hydrogen) atoms. The first-order chi connectivity index (χ1) is 17.3. The molecule has 1 saturated heterocycles. The summed E-state index contributed by atoms with van der Waals surface area (Å²) in [5, 5.41) is 0. The number of hydrogen-bond donors (Lipinski definition) is 0. The van der Waals surface area contributed by atoms with E-state index in [0.717, 1.165) is 11.3 Å². The molecule has 2 aromatic carbocycles. The average molecular weight is 514 g/mol. The Kier molecular flexibility index (Phi) is 8.84. The van der Waals surface area contributed by atoms with Crippen molar-refractivity contribution in [2.45, 2.75) is 58.8 Å². The number of anilines is 2. The van der Waals surface area contributed by atoms with E-state index in [1.54, 1.807) is 37.2 Å². The summed E-state index contributed by atoms with van der Waals surface area (Å²) in [5.74, 6) is 0.0873. The summed E-state index contributed by atoms with van der Waals surface area (Å²) in [7, 11) is 3.33. The van der Waals surface area contributed by atoms with E-state index in [9.17, 15) is 9.59 Å². The molecule has 0 bridgehead atoms. The first-order valence-electron chi connectivity index (χ1n) is 12.6. The van der Waals surface area contributed by atoms with Crippen molar-refractivity contribution in [2.24, 2.45) is 0 Å². The van der Waals surface area contributed by atoms with Gasteiger partial charge >= 0.3 is 6.09 Å². The van der Waals surface area contributed by atoms with Crippen LogP contribution in [0.5, 0.6) is 5.75 Å². The minimum atomic E-state index is -0.572. The number of carbonyl (C=O) groups excluding carboxylic acids is 2. The van der Waals surface area contributed by atoms with Crippen LogP contribution in [0.2, 0.25) is 0 Å². The van der Waals surface area contributed by atoms with E-state index in [1.165, 1.54) is 17.0 Å².